The van der Waals surface area contributed by atoms with E-state index in [1.54, 1.807) is 24.3 Å². The molecule has 1 aliphatic heterocycles. The van der Waals surface area contributed by atoms with Crippen LogP contribution in [0.1, 0.15) is 5.56 Å². The van der Waals surface area contributed by atoms with Crippen molar-refractivity contribution in [2.24, 2.45) is 4.99 Å². The third kappa shape index (κ3) is 6.23. The van der Waals surface area contributed by atoms with Crippen molar-refractivity contribution in [2.45, 2.75) is 4.90 Å². The van der Waals surface area contributed by atoms with E-state index in [4.69, 9.17) is 32.1 Å². The monoisotopic (exact) mass is 579 g/mol. The molecule has 190 valence electrons. The summed E-state index contributed by atoms with van der Waals surface area (Å²) >= 11 is 13.0. The molecule has 0 aliphatic carbocycles. The lowest BCUT2D eigenvalue weighted by Crippen LogP contribution is -2.19. The maximum Gasteiger partial charge on any atom is 0.339 e. The third-order valence-electron chi connectivity index (χ3n) is 4.81. The minimum absolute atomic E-state index is 0.0907. The number of carbonyl (C=O) groups is 1. The molecule has 1 heterocycles. The summed E-state index contributed by atoms with van der Waals surface area (Å²) in [5.41, 5.74) is 0.786. The maximum absolute atomic E-state index is 12.6. The Labute approximate surface area is 225 Å². The second-order valence-corrected chi connectivity index (χ2v) is 10.7. The fourth-order valence-corrected chi connectivity index (χ4v) is 5.12. The number of thioether (sulfide) groups is 1. The molecule has 4 rings (SSSR count). The Balaban J connectivity index is 1.54. The van der Waals surface area contributed by atoms with E-state index in [1.165, 1.54) is 25.3 Å². The van der Waals surface area contributed by atoms with Crippen LogP contribution in [0.25, 0.3) is 6.08 Å². The number of benzene rings is 3. The molecular formula is C23H15Cl2N3O7S2. The van der Waals surface area contributed by atoms with Crippen molar-refractivity contribution >= 4 is 73.6 Å². The van der Waals surface area contributed by atoms with Crippen LogP contribution in [-0.4, -0.2) is 31.5 Å². The van der Waals surface area contributed by atoms with Gasteiger partial charge in [0.2, 0.25) is 0 Å². The van der Waals surface area contributed by atoms with Crippen LogP contribution in [0.3, 0.4) is 0 Å². The van der Waals surface area contributed by atoms with Gasteiger partial charge in [0, 0.05) is 12.1 Å². The Morgan fingerprint density at radius 1 is 1.03 bits per heavy atom. The minimum atomic E-state index is -4.29. The van der Waals surface area contributed by atoms with Gasteiger partial charge in [-0.3, -0.25) is 14.9 Å². The zero-order valence-electron chi connectivity index (χ0n) is 18.7. The van der Waals surface area contributed by atoms with Gasteiger partial charge in [0.25, 0.3) is 11.6 Å². The van der Waals surface area contributed by atoms with Gasteiger partial charge in [0.05, 0.1) is 32.7 Å². The van der Waals surface area contributed by atoms with E-state index >= 15 is 0 Å². The lowest BCUT2D eigenvalue weighted by molar-refractivity contribution is -0.384. The molecule has 1 N–H and O–H groups in total. The summed E-state index contributed by atoms with van der Waals surface area (Å²) in [6, 6.07) is 13.5. The van der Waals surface area contributed by atoms with E-state index in [9.17, 15) is 23.3 Å². The Morgan fingerprint density at radius 3 is 2.41 bits per heavy atom. The fraction of sp³-hybridized carbons (Fsp3) is 0.0435. The number of amides is 1. The van der Waals surface area contributed by atoms with Crippen molar-refractivity contribution in [2.75, 3.05) is 7.11 Å². The van der Waals surface area contributed by atoms with Gasteiger partial charge in [-0.2, -0.15) is 8.42 Å². The molecule has 0 spiro atoms. The lowest BCUT2D eigenvalue weighted by Gasteiger charge is -2.11. The van der Waals surface area contributed by atoms with Gasteiger partial charge in [-0.25, -0.2) is 4.99 Å². The number of nitro benzene ring substituents is 1. The quantitative estimate of drug-likeness (QED) is 0.166. The number of nitro groups is 1. The smallest absolute Gasteiger partial charge is 0.339 e. The SMILES string of the molecule is COc1cc(/C=C2/SC(=Nc3ccc(Cl)c(Cl)c3)NC2=O)ccc1OS(=O)(=O)c1ccc([N+](=O)[O-])cc1. The molecule has 0 aromatic heterocycles. The second kappa shape index (κ2) is 10.8. The predicted octanol–water partition coefficient (Wildman–Crippen LogP) is 5.57. The van der Waals surface area contributed by atoms with Crippen LogP contribution in [0.5, 0.6) is 11.5 Å². The predicted molar refractivity (Wildman–Crippen MR) is 141 cm³/mol. The third-order valence-corrected chi connectivity index (χ3v) is 7.70. The van der Waals surface area contributed by atoms with E-state index in [-0.39, 0.29) is 28.0 Å². The number of ether oxygens (including phenoxy) is 1. The molecule has 0 bridgehead atoms. The van der Waals surface area contributed by atoms with Crippen LogP contribution in [0.15, 0.2) is 75.5 Å². The molecular weight excluding hydrogens is 565 g/mol. The number of amidine groups is 1. The van der Waals surface area contributed by atoms with Gasteiger partial charge in [-0.05, 0) is 65.9 Å². The highest BCUT2D eigenvalue weighted by atomic mass is 35.5. The van der Waals surface area contributed by atoms with Crippen LogP contribution in [0.2, 0.25) is 10.0 Å². The van der Waals surface area contributed by atoms with Gasteiger partial charge in [0.1, 0.15) is 4.90 Å². The van der Waals surface area contributed by atoms with Crippen molar-refractivity contribution in [3.05, 3.63) is 91.3 Å². The van der Waals surface area contributed by atoms with Crippen molar-refractivity contribution in [3.8, 4) is 11.5 Å². The van der Waals surface area contributed by atoms with Crippen molar-refractivity contribution in [3.63, 3.8) is 0 Å². The molecule has 0 radical (unpaired) electrons. The first kappa shape index (κ1) is 26.5. The number of aliphatic imine (C=N–C) groups is 1. The summed E-state index contributed by atoms with van der Waals surface area (Å²) in [6.07, 6.45) is 1.58. The summed E-state index contributed by atoms with van der Waals surface area (Å²) in [5.74, 6) is -0.384. The summed E-state index contributed by atoms with van der Waals surface area (Å²) in [6.45, 7) is 0. The zero-order valence-corrected chi connectivity index (χ0v) is 21.8. The first-order valence-electron chi connectivity index (χ1n) is 10.2. The zero-order chi connectivity index (χ0) is 26.7. The largest absolute Gasteiger partial charge is 0.493 e. The van der Waals surface area contributed by atoms with E-state index in [0.717, 1.165) is 36.0 Å². The van der Waals surface area contributed by atoms with Crippen LogP contribution in [0.4, 0.5) is 11.4 Å². The van der Waals surface area contributed by atoms with Crippen molar-refractivity contribution in [1.29, 1.82) is 0 Å². The summed E-state index contributed by atoms with van der Waals surface area (Å²) < 4.78 is 35.7. The standard InChI is InChI=1S/C23H15Cl2N3O7S2/c1-34-20-10-13(2-9-19(20)35-37(32,33)16-6-4-15(5-7-16)28(30)31)11-21-22(29)27-23(36-21)26-14-3-8-17(24)18(25)12-14/h2-12H,1H3,(H,26,27,29)/b21-11+. The van der Waals surface area contributed by atoms with Gasteiger partial charge in [0.15, 0.2) is 16.7 Å². The highest BCUT2D eigenvalue weighted by molar-refractivity contribution is 8.18. The van der Waals surface area contributed by atoms with E-state index < -0.39 is 15.0 Å². The van der Waals surface area contributed by atoms with Crippen LogP contribution in [-0.2, 0) is 14.9 Å². The fourth-order valence-electron chi connectivity index (χ4n) is 3.05. The highest BCUT2D eigenvalue weighted by Crippen LogP contribution is 2.34. The number of rotatable bonds is 7. The van der Waals surface area contributed by atoms with Crippen LogP contribution >= 0.6 is 35.0 Å². The molecule has 0 atom stereocenters. The first-order chi connectivity index (χ1) is 17.6. The average molecular weight is 580 g/mol. The minimum Gasteiger partial charge on any atom is -0.493 e. The summed E-state index contributed by atoms with van der Waals surface area (Å²) in [4.78, 5) is 27.0. The van der Waals surface area contributed by atoms with Crippen LogP contribution < -0.4 is 14.2 Å². The van der Waals surface area contributed by atoms with Gasteiger partial charge < -0.3 is 14.2 Å². The number of hydrogen-bond acceptors (Lipinski definition) is 9. The van der Waals surface area contributed by atoms with Crippen molar-refractivity contribution in [1.82, 2.24) is 5.32 Å². The molecule has 1 fully saturated rings. The number of carbonyl (C=O) groups excluding carboxylic acids is 1. The first-order valence-corrected chi connectivity index (χ1v) is 13.2. The highest BCUT2D eigenvalue weighted by Gasteiger charge is 2.25. The number of halogens is 2. The number of nitrogens with zero attached hydrogens (tertiary/aromatic N) is 2. The molecule has 10 nitrogen and oxygen atoms in total. The maximum atomic E-state index is 12.6. The second-order valence-electron chi connectivity index (χ2n) is 7.28. The average Bonchev–Trinajstić information content (AvgIpc) is 3.20. The molecule has 1 amide bonds. The summed E-state index contributed by atoms with van der Waals surface area (Å²) in [7, 11) is -2.96. The number of methoxy groups -OCH3 is 1. The van der Waals surface area contributed by atoms with Gasteiger partial charge in [-0.1, -0.05) is 29.3 Å². The molecule has 0 unspecified atom stereocenters. The van der Waals surface area contributed by atoms with E-state index in [2.05, 4.69) is 10.3 Å². The molecule has 14 heteroatoms. The number of non-ortho nitro benzene ring substituents is 1. The lowest BCUT2D eigenvalue weighted by atomic mass is 10.2. The normalized spacial score (nSPS) is 15.6. The van der Waals surface area contributed by atoms with E-state index in [1.807, 2.05) is 0 Å². The van der Waals surface area contributed by atoms with Gasteiger partial charge >= 0.3 is 10.1 Å². The topological polar surface area (TPSA) is 137 Å². The molecule has 3 aromatic rings. The van der Waals surface area contributed by atoms with Gasteiger partial charge in [-0.15, -0.1) is 0 Å². The van der Waals surface area contributed by atoms with E-state index in [0.29, 0.717) is 31.4 Å². The van der Waals surface area contributed by atoms with Crippen LogP contribution in [0, 0.1) is 10.1 Å². The summed E-state index contributed by atoms with van der Waals surface area (Å²) in [5, 5.41) is 14.5. The molecule has 0 saturated carbocycles. The molecule has 37 heavy (non-hydrogen) atoms. The Hall–Kier alpha value is -3.58. The molecule has 1 aliphatic rings. The Kier molecular flexibility index (Phi) is 7.73. The number of nitrogens with one attached hydrogen (secondary N) is 1. The Bertz CT molecular complexity index is 1570. The molecule has 3 aromatic carbocycles. The molecule has 1 saturated heterocycles. The number of hydrogen-bond donors (Lipinski definition) is 1. The Morgan fingerprint density at radius 2 is 1.76 bits per heavy atom. The van der Waals surface area contributed by atoms with Crippen molar-refractivity contribution < 1.29 is 27.1 Å².